The monoisotopic (exact) mass is 1420 g/mol. The van der Waals surface area contributed by atoms with Gasteiger partial charge in [-0.2, -0.15) is 0 Å². The molecule has 0 saturated heterocycles. The predicted octanol–water partition coefficient (Wildman–Crippen LogP) is 23.3. The lowest BCUT2D eigenvalue weighted by Crippen LogP contribution is -2.30. The van der Waals surface area contributed by atoms with Crippen molar-refractivity contribution in [1.29, 1.82) is 0 Å². The van der Waals surface area contributed by atoms with E-state index < -0.39 is 97.5 Å². The van der Waals surface area contributed by atoms with Crippen LogP contribution in [0.4, 0.5) is 0 Å². The molecule has 0 fully saturated rings. The number of rotatable bonds is 78. The van der Waals surface area contributed by atoms with Crippen LogP contribution in [0.25, 0.3) is 0 Å². The van der Waals surface area contributed by atoms with Gasteiger partial charge in [-0.15, -0.1) is 0 Å². The van der Waals surface area contributed by atoms with E-state index in [1.54, 1.807) is 0 Å². The van der Waals surface area contributed by atoms with Gasteiger partial charge in [-0.1, -0.05) is 362 Å². The Hall–Kier alpha value is -1.94. The number of hydrogen-bond acceptors (Lipinski definition) is 15. The number of aliphatic hydroxyl groups is 1. The molecule has 6 atom stereocenters. The largest absolute Gasteiger partial charge is 0.472 e. The van der Waals surface area contributed by atoms with Crippen LogP contribution >= 0.6 is 15.6 Å². The zero-order chi connectivity index (χ0) is 71.2. The Bertz CT molecular complexity index is 1860. The lowest BCUT2D eigenvalue weighted by Gasteiger charge is -2.21. The van der Waals surface area contributed by atoms with Crippen molar-refractivity contribution in [2.75, 3.05) is 39.6 Å². The molecule has 576 valence electrons. The van der Waals surface area contributed by atoms with Crippen LogP contribution in [-0.2, 0) is 65.4 Å². The second-order valence-corrected chi connectivity index (χ2v) is 31.3. The van der Waals surface area contributed by atoms with E-state index in [4.69, 9.17) is 37.0 Å². The summed E-state index contributed by atoms with van der Waals surface area (Å²) in [6.45, 7) is 7.34. The summed E-state index contributed by atoms with van der Waals surface area (Å²) in [6, 6.07) is 0. The number of hydrogen-bond donors (Lipinski definition) is 3. The maximum atomic E-state index is 13.1. The first-order chi connectivity index (χ1) is 47.1. The molecule has 97 heavy (non-hydrogen) atoms. The summed E-state index contributed by atoms with van der Waals surface area (Å²) in [7, 11) is -9.91. The minimum Gasteiger partial charge on any atom is -0.462 e. The molecule has 0 aliphatic rings. The molecule has 3 N–H and O–H groups in total. The maximum Gasteiger partial charge on any atom is 0.472 e. The Labute approximate surface area is 594 Å². The number of aliphatic hydroxyl groups excluding tert-OH is 1. The highest BCUT2D eigenvalue weighted by Crippen LogP contribution is 2.45. The molecule has 0 bridgehead atoms. The SMILES string of the molecule is CCCCCCCCCCCCCCCCC(=O)OC[C@H](COP(=O)(O)OC[C@@H](O)COP(=O)(O)OC[C@@H](COC(=O)CCCCCCCCC)OC(=O)CCCCCCCCCCCCCCCC)OC(=O)CCCCCCCCCCCCCCCCCCCCC(C)CC. The standard InChI is InChI=1S/C78H152O17P2/c1-6-10-13-16-19-21-23-25-34-38-42-47-52-57-62-76(81)89-68-74(95-78(83)64-59-54-49-44-40-36-32-30-28-27-29-31-33-37-41-46-50-55-60-71(5)9-4)70-93-97(86,87)91-66-72(79)65-90-96(84,85)92-69-73(67-88-75(80)61-56-51-45-18-15-12-8-3)94-77(82)63-58-53-48-43-39-35-26-24-22-20-17-14-11-7-2/h71-74,79H,6-70H2,1-5H3,(H,84,85)(H,86,87)/t71?,72-,73+,74+/m0/s1. The van der Waals surface area contributed by atoms with Gasteiger partial charge in [0.1, 0.15) is 19.3 Å². The molecule has 0 amide bonds. The van der Waals surface area contributed by atoms with Crippen LogP contribution in [0.1, 0.15) is 413 Å². The first-order valence-corrected chi connectivity index (χ1v) is 43.7. The van der Waals surface area contributed by atoms with Crippen molar-refractivity contribution in [2.45, 2.75) is 432 Å². The molecule has 0 rings (SSSR count). The molecular weight excluding hydrogens is 1270 g/mol. The zero-order valence-corrected chi connectivity index (χ0v) is 65.0. The van der Waals surface area contributed by atoms with Crippen molar-refractivity contribution in [1.82, 2.24) is 0 Å². The molecule has 0 saturated carbocycles. The van der Waals surface area contributed by atoms with E-state index in [2.05, 4.69) is 34.6 Å². The van der Waals surface area contributed by atoms with E-state index in [0.717, 1.165) is 109 Å². The van der Waals surface area contributed by atoms with Gasteiger partial charge in [-0.05, 0) is 31.6 Å². The molecule has 3 unspecified atom stereocenters. The Balaban J connectivity index is 5.15. The zero-order valence-electron chi connectivity index (χ0n) is 63.2. The second kappa shape index (κ2) is 71.1. The first-order valence-electron chi connectivity index (χ1n) is 40.7. The van der Waals surface area contributed by atoms with Gasteiger partial charge in [0.2, 0.25) is 0 Å². The normalized spacial score (nSPS) is 14.2. The molecule has 0 heterocycles. The maximum absolute atomic E-state index is 13.1. The van der Waals surface area contributed by atoms with Gasteiger partial charge >= 0.3 is 39.5 Å². The van der Waals surface area contributed by atoms with Crippen molar-refractivity contribution in [3.8, 4) is 0 Å². The van der Waals surface area contributed by atoms with E-state index in [9.17, 15) is 43.2 Å². The summed E-state index contributed by atoms with van der Waals surface area (Å²) in [5, 5.41) is 10.6. The van der Waals surface area contributed by atoms with Crippen molar-refractivity contribution >= 4 is 39.5 Å². The highest BCUT2D eigenvalue weighted by atomic mass is 31.2. The van der Waals surface area contributed by atoms with Crippen molar-refractivity contribution < 1.29 is 80.2 Å². The number of esters is 4. The molecule has 0 spiro atoms. The van der Waals surface area contributed by atoms with Gasteiger partial charge < -0.3 is 33.8 Å². The highest BCUT2D eigenvalue weighted by Gasteiger charge is 2.30. The smallest absolute Gasteiger partial charge is 0.462 e. The minimum absolute atomic E-state index is 0.108. The molecule has 0 radical (unpaired) electrons. The quantitative estimate of drug-likeness (QED) is 0.0222. The van der Waals surface area contributed by atoms with E-state index >= 15 is 0 Å². The van der Waals surface area contributed by atoms with Crippen molar-refractivity contribution in [3.63, 3.8) is 0 Å². The van der Waals surface area contributed by atoms with Crippen LogP contribution in [-0.4, -0.2) is 96.7 Å². The summed E-state index contributed by atoms with van der Waals surface area (Å²) in [5.41, 5.74) is 0. The third kappa shape index (κ3) is 70.9. The van der Waals surface area contributed by atoms with Gasteiger partial charge in [0.05, 0.1) is 26.4 Å². The number of carbonyl (C=O) groups is 4. The van der Waals surface area contributed by atoms with Crippen LogP contribution in [0.3, 0.4) is 0 Å². The van der Waals surface area contributed by atoms with Gasteiger partial charge in [0.25, 0.3) is 0 Å². The summed E-state index contributed by atoms with van der Waals surface area (Å²) in [5.74, 6) is -1.24. The number of unbranched alkanes of at least 4 members (excludes halogenated alkanes) is 49. The summed E-state index contributed by atoms with van der Waals surface area (Å²) >= 11 is 0. The molecule has 0 aliphatic heterocycles. The van der Waals surface area contributed by atoms with Crippen molar-refractivity contribution in [3.05, 3.63) is 0 Å². The average Bonchev–Trinajstić information content (AvgIpc) is 3.03. The molecule has 17 nitrogen and oxygen atoms in total. The second-order valence-electron chi connectivity index (χ2n) is 28.3. The summed E-state index contributed by atoms with van der Waals surface area (Å²) < 4.78 is 68.5. The highest BCUT2D eigenvalue weighted by molar-refractivity contribution is 7.47. The van der Waals surface area contributed by atoms with E-state index in [1.165, 1.54) is 225 Å². The van der Waals surface area contributed by atoms with Crippen LogP contribution < -0.4 is 0 Å². The third-order valence-electron chi connectivity index (χ3n) is 18.6. The third-order valence-corrected chi connectivity index (χ3v) is 20.5. The fourth-order valence-corrected chi connectivity index (χ4v) is 13.6. The summed E-state index contributed by atoms with van der Waals surface area (Å²) in [6.07, 6.45) is 61.1. The molecule has 0 aromatic heterocycles. The fourth-order valence-electron chi connectivity index (χ4n) is 12.0. The molecule has 19 heteroatoms. The Kier molecular flexibility index (Phi) is 69.6. The van der Waals surface area contributed by atoms with E-state index in [1.807, 2.05) is 0 Å². The van der Waals surface area contributed by atoms with Crippen LogP contribution in [0.2, 0.25) is 0 Å². The molecule has 0 aromatic carbocycles. The van der Waals surface area contributed by atoms with Crippen LogP contribution in [0.15, 0.2) is 0 Å². The first kappa shape index (κ1) is 95.1. The van der Waals surface area contributed by atoms with E-state index in [0.29, 0.717) is 25.7 Å². The van der Waals surface area contributed by atoms with Crippen molar-refractivity contribution in [2.24, 2.45) is 5.92 Å². The lowest BCUT2D eigenvalue weighted by molar-refractivity contribution is -0.161. The Morgan fingerprint density at radius 3 is 0.732 bits per heavy atom. The molecule has 0 aromatic rings. The average molecular weight is 1420 g/mol. The van der Waals surface area contributed by atoms with E-state index in [-0.39, 0.29) is 25.7 Å². The number of phosphoric acid groups is 2. The van der Waals surface area contributed by atoms with Gasteiger partial charge in [-0.3, -0.25) is 37.3 Å². The molecular formula is C78H152O17P2. The fraction of sp³-hybridized carbons (Fsp3) is 0.949. The Morgan fingerprint density at radius 2 is 0.495 bits per heavy atom. The molecule has 0 aliphatic carbocycles. The number of phosphoric ester groups is 2. The Morgan fingerprint density at radius 1 is 0.289 bits per heavy atom. The van der Waals surface area contributed by atoms with Gasteiger partial charge in [0, 0.05) is 25.7 Å². The summed E-state index contributed by atoms with van der Waals surface area (Å²) in [4.78, 5) is 72.7. The van der Waals surface area contributed by atoms with Gasteiger partial charge in [0.15, 0.2) is 12.2 Å². The van der Waals surface area contributed by atoms with Crippen LogP contribution in [0, 0.1) is 5.92 Å². The predicted molar refractivity (Wildman–Crippen MR) is 395 cm³/mol. The minimum atomic E-state index is -4.96. The number of carbonyl (C=O) groups excluding carboxylic acids is 4. The number of ether oxygens (including phenoxy) is 4. The topological polar surface area (TPSA) is 237 Å². The van der Waals surface area contributed by atoms with Crippen LogP contribution in [0.5, 0.6) is 0 Å². The lowest BCUT2D eigenvalue weighted by atomic mass is 9.99. The van der Waals surface area contributed by atoms with Gasteiger partial charge in [-0.25, -0.2) is 9.13 Å².